The number of halogens is 3. The molecule has 2 N–H and O–H groups in total. The van der Waals surface area contributed by atoms with Crippen molar-refractivity contribution in [2.75, 3.05) is 7.11 Å². The Morgan fingerprint density at radius 3 is 2.54 bits per heavy atom. The molecular formula is C18H25Cl3N4O. The Morgan fingerprint density at radius 2 is 1.96 bits per heavy atom. The lowest BCUT2D eigenvalue weighted by atomic mass is 9.83. The van der Waals surface area contributed by atoms with Gasteiger partial charge in [-0.2, -0.15) is 5.10 Å². The molecule has 1 fully saturated rings. The van der Waals surface area contributed by atoms with E-state index in [1.807, 2.05) is 22.9 Å². The number of nitrogens with two attached hydrogens (primary N) is 1. The monoisotopic (exact) mass is 418 g/mol. The van der Waals surface area contributed by atoms with Gasteiger partial charge < -0.3 is 10.5 Å². The van der Waals surface area contributed by atoms with Gasteiger partial charge in [0.2, 0.25) is 0 Å². The van der Waals surface area contributed by atoms with Gasteiger partial charge in [0.1, 0.15) is 5.82 Å². The molecule has 5 nitrogen and oxygen atoms in total. The van der Waals surface area contributed by atoms with Gasteiger partial charge >= 0.3 is 0 Å². The highest BCUT2D eigenvalue weighted by atomic mass is 35.5. The van der Waals surface area contributed by atoms with Gasteiger partial charge in [0, 0.05) is 42.1 Å². The highest BCUT2D eigenvalue weighted by molar-refractivity contribution is 6.36. The molecule has 1 aliphatic carbocycles. The standard InChI is InChI=1S/C18H24Cl2N4O.ClH/c1-3-24-18(11-7-8-16(25-2)15(21)9-11)22-17(23-24)10-12-13(19)5-4-6-14(12)20;/h4-6,11,15-16H,3,7-10,21H2,1-2H3;1H/t11-,15+,16+;/m0./s1. The van der Waals surface area contributed by atoms with Crippen LogP contribution in [0.5, 0.6) is 0 Å². The number of hydrogen-bond acceptors (Lipinski definition) is 4. The van der Waals surface area contributed by atoms with Crippen LogP contribution in [-0.2, 0) is 17.7 Å². The molecule has 0 bridgehead atoms. The normalized spacial score (nSPS) is 22.9. The van der Waals surface area contributed by atoms with Gasteiger partial charge in [-0.1, -0.05) is 29.3 Å². The van der Waals surface area contributed by atoms with E-state index in [9.17, 15) is 0 Å². The Hall–Kier alpha value is -0.850. The molecule has 1 aliphatic rings. The fourth-order valence-electron chi connectivity index (χ4n) is 3.58. The van der Waals surface area contributed by atoms with Crippen molar-refractivity contribution in [1.29, 1.82) is 0 Å². The summed E-state index contributed by atoms with van der Waals surface area (Å²) in [5.41, 5.74) is 7.13. The lowest BCUT2D eigenvalue weighted by molar-refractivity contribution is 0.0480. The topological polar surface area (TPSA) is 66.0 Å². The minimum atomic E-state index is 0. The smallest absolute Gasteiger partial charge is 0.155 e. The van der Waals surface area contributed by atoms with Gasteiger partial charge in [-0.05, 0) is 43.9 Å². The maximum atomic E-state index is 6.28. The van der Waals surface area contributed by atoms with Crippen LogP contribution in [0.4, 0.5) is 0 Å². The van der Waals surface area contributed by atoms with Crippen molar-refractivity contribution in [3.63, 3.8) is 0 Å². The van der Waals surface area contributed by atoms with Crippen molar-refractivity contribution in [2.24, 2.45) is 5.73 Å². The summed E-state index contributed by atoms with van der Waals surface area (Å²) < 4.78 is 7.43. The fourth-order valence-corrected chi connectivity index (χ4v) is 4.11. The van der Waals surface area contributed by atoms with Gasteiger partial charge in [0.25, 0.3) is 0 Å². The first-order valence-corrected chi connectivity index (χ1v) is 9.44. The second-order valence-electron chi connectivity index (χ2n) is 6.53. The zero-order valence-electron chi connectivity index (χ0n) is 15.0. The zero-order chi connectivity index (χ0) is 18.0. The average Bonchev–Trinajstić information content (AvgIpc) is 3.01. The highest BCUT2D eigenvalue weighted by Crippen LogP contribution is 2.33. The summed E-state index contributed by atoms with van der Waals surface area (Å²) in [6.45, 7) is 2.85. The maximum absolute atomic E-state index is 6.28. The third-order valence-corrected chi connectivity index (χ3v) is 5.65. The van der Waals surface area contributed by atoms with Crippen molar-refractivity contribution < 1.29 is 4.74 Å². The summed E-state index contributed by atoms with van der Waals surface area (Å²) in [5.74, 6) is 2.06. The number of methoxy groups -OCH3 is 1. The van der Waals surface area contributed by atoms with Gasteiger partial charge in [-0.15, -0.1) is 12.4 Å². The van der Waals surface area contributed by atoms with E-state index in [1.54, 1.807) is 7.11 Å². The molecule has 144 valence electrons. The molecule has 2 aromatic rings. The summed E-state index contributed by atoms with van der Waals surface area (Å²) >= 11 is 12.6. The third kappa shape index (κ3) is 4.52. The molecule has 3 rings (SSSR count). The summed E-state index contributed by atoms with van der Waals surface area (Å²) in [4.78, 5) is 4.81. The third-order valence-electron chi connectivity index (χ3n) is 4.94. The van der Waals surface area contributed by atoms with E-state index in [2.05, 4.69) is 12.0 Å². The van der Waals surface area contributed by atoms with Crippen LogP contribution in [0, 0.1) is 0 Å². The van der Waals surface area contributed by atoms with Gasteiger partial charge in [0.05, 0.1) is 6.10 Å². The van der Waals surface area contributed by atoms with Crippen LogP contribution >= 0.6 is 35.6 Å². The molecule has 1 saturated carbocycles. The molecule has 26 heavy (non-hydrogen) atoms. The van der Waals surface area contributed by atoms with Crippen LogP contribution in [0.1, 0.15) is 49.3 Å². The Balaban J connectivity index is 0.00000243. The van der Waals surface area contributed by atoms with Gasteiger partial charge in [-0.25, -0.2) is 9.67 Å². The van der Waals surface area contributed by atoms with E-state index in [4.69, 9.17) is 38.7 Å². The highest BCUT2D eigenvalue weighted by Gasteiger charge is 2.31. The largest absolute Gasteiger partial charge is 0.380 e. The second-order valence-corrected chi connectivity index (χ2v) is 7.34. The van der Waals surface area contributed by atoms with E-state index < -0.39 is 0 Å². The molecule has 3 atom stereocenters. The van der Waals surface area contributed by atoms with Crippen molar-refractivity contribution in [1.82, 2.24) is 14.8 Å². The lowest BCUT2D eigenvalue weighted by Crippen LogP contribution is -2.41. The van der Waals surface area contributed by atoms with Gasteiger partial charge in [-0.3, -0.25) is 0 Å². The van der Waals surface area contributed by atoms with Crippen LogP contribution in [0.15, 0.2) is 18.2 Å². The Labute approximate surface area is 170 Å². The lowest BCUT2D eigenvalue weighted by Gasteiger charge is -2.32. The van der Waals surface area contributed by atoms with E-state index in [1.165, 1.54) is 0 Å². The van der Waals surface area contributed by atoms with Crippen LogP contribution in [0.25, 0.3) is 0 Å². The van der Waals surface area contributed by atoms with Crippen LogP contribution < -0.4 is 5.73 Å². The molecule has 0 saturated heterocycles. The summed E-state index contributed by atoms with van der Waals surface area (Å²) in [5, 5.41) is 5.95. The summed E-state index contributed by atoms with van der Waals surface area (Å²) in [6, 6.07) is 5.55. The van der Waals surface area contributed by atoms with Crippen molar-refractivity contribution in [3.8, 4) is 0 Å². The summed E-state index contributed by atoms with van der Waals surface area (Å²) in [7, 11) is 1.73. The van der Waals surface area contributed by atoms with E-state index in [-0.39, 0.29) is 24.6 Å². The molecule has 0 spiro atoms. The minimum Gasteiger partial charge on any atom is -0.380 e. The predicted molar refractivity (Wildman–Crippen MR) is 108 cm³/mol. The molecule has 0 radical (unpaired) electrons. The first kappa shape index (κ1) is 21.5. The maximum Gasteiger partial charge on any atom is 0.155 e. The molecule has 1 heterocycles. The number of aromatic nitrogens is 3. The second kappa shape index (κ2) is 9.38. The molecule has 1 aromatic heterocycles. The van der Waals surface area contributed by atoms with Crippen LogP contribution in [0.2, 0.25) is 10.0 Å². The zero-order valence-corrected chi connectivity index (χ0v) is 17.3. The van der Waals surface area contributed by atoms with E-state index >= 15 is 0 Å². The number of aryl methyl sites for hydroxylation is 1. The number of ether oxygens (including phenoxy) is 1. The van der Waals surface area contributed by atoms with Crippen molar-refractivity contribution in [2.45, 2.75) is 57.2 Å². The quantitative estimate of drug-likeness (QED) is 0.787. The van der Waals surface area contributed by atoms with Crippen molar-refractivity contribution >= 4 is 35.6 Å². The number of rotatable bonds is 5. The molecule has 0 unspecified atom stereocenters. The SMILES string of the molecule is CCn1nc(Cc2c(Cl)cccc2Cl)nc1[C@H]1CC[C@@H](OC)[C@H](N)C1.Cl. The van der Waals surface area contributed by atoms with Crippen LogP contribution in [0.3, 0.4) is 0 Å². The predicted octanol–water partition coefficient (Wildman–Crippen LogP) is 4.23. The molecule has 8 heteroatoms. The summed E-state index contributed by atoms with van der Waals surface area (Å²) in [6.07, 6.45) is 3.49. The van der Waals surface area contributed by atoms with Crippen LogP contribution in [-0.4, -0.2) is 34.0 Å². The average molecular weight is 420 g/mol. The Morgan fingerprint density at radius 1 is 1.27 bits per heavy atom. The molecular weight excluding hydrogens is 395 g/mol. The molecule has 0 amide bonds. The Kier molecular flexibility index (Phi) is 7.74. The first-order valence-electron chi connectivity index (χ1n) is 8.68. The number of hydrogen-bond donors (Lipinski definition) is 1. The van der Waals surface area contributed by atoms with Crippen molar-refractivity contribution in [3.05, 3.63) is 45.5 Å². The fraction of sp³-hybridized carbons (Fsp3) is 0.556. The minimum absolute atomic E-state index is 0. The van der Waals surface area contributed by atoms with E-state index in [0.717, 1.165) is 43.0 Å². The van der Waals surface area contributed by atoms with E-state index in [0.29, 0.717) is 22.4 Å². The Bertz CT molecular complexity index is 717. The first-order chi connectivity index (χ1) is 12.0. The number of nitrogens with zero attached hydrogens (tertiary/aromatic N) is 3. The molecule has 1 aromatic carbocycles. The number of benzene rings is 1. The van der Waals surface area contributed by atoms with Gasteiger partial charge in [0.15, 0.2) is 5.82 Å². The molecule has 0 aliphatic heterocycles.